The molecule has 1 saturated heterocycles. The highest BCUT2D eigenvalue weighted by atomic mass is 35.5. The van der Waals surface area contributed by atoms with Crippen molar-refractivity contribution in [3.8, 4) is 0 Å². The molecule has 1 aliphatic heterocycles. The highest BCUT2D eigenvalue weighted by Gasteiger charge is 2.30. The molecule has 2 N–H and O–H groups in total. The molecule has 4 nitrogen and oxygen atoms in total. The molecule has 3 rings (SSSR count). The van der Waals surface area contributed by atoms with Crippen molar-refractivity contribution in [2.24, 2.45) is 0 Å². The largest absolute Gasteiger partial charge is 0.416 e. The predicted molar refractivity (Wildman–Crippen MR) is 117 cm³/mol. The normalized spacial score (nSPS) is 14.6. The number of piperazine rings is 1. The van der Waals surface area contributed by atoms with Crippen molar-refractivity contribution in [3.05, 3.63) is 65.2 Å². The van der Waals surface area contributed by atoms with E-state index in [-0.39, 0.29) is 30.7 Å². The molecule has 0 spiro atoms. The summed E-state index contributed by atoms with van der Waals surface area (Å²) in [6.07, 6.45) is -3.32. The third-order valence-corrected chi connectivity index (χ3v) is 5.05. The maximum absolute atomic E-state index is 12.8. The van der Waals surface area contributed by atoms with E-state index in [1.54, 1.807) is 6.07 Å². The van der Waals surface area contributed by atoms with E-state index in [0.29, 0.717) is 56.8 Å². The van der Waals surface area contributed by atoms with Gasteiger partial charge in [-0.1, -0.05) is 36.4 Å². The van der Waals surface area contributed by atoms with Gasteiger partial charge in [0.1, 0.15) is 0 Å². The fraction of sp³-hybridized carbons (Fsp3) is 0.381. The van der Waals surface area contributed by atoms with Crippen molar-refractivity contribution in [2.75, 3.05) is 31.9 Å². The van der Waals surface area contributed by atoms with Crippen LogP contribution in [-0.4, -0.2) is 41.9 Å². The molecule has 166 valence electrons. The van der Waals surface area contributed by atoms with Crippen LogP contribution in [0.4, 0.5) is 18.9 Å². The Morgan fingerprint density at radius 1 is 0.967 bits per heavy atom. The van der Waals surface area contributed by atoms with Gasteiger partial charge in [-0.15, -0.1) is 24.8 Å². The number of rotatable bonds is 5. The van der Waals surface area contributed by atoms with Gasteiger partial charge in [-0.2, -0.15) is 13.2 Å². The smallest absolute Gasteiger partial charge is 0.399 e. The Hall–Kier alpha value is -1.96. The maximum atomic E-state index is 12.8. The Kier molecular flexibility index (Phi) is 9.94. The molecule has 0 aliphatic carbocycles. The monoisotopic (exact) mass is 463 g/mol. The molecule has 0 unspecified atom stereocenters. The lowest BCUT2D eigenvalue weighted by atomic mass is 10.1. The second-order valence-electron chi connectivity index (χ2n) is 7.05. The van der Waals surface area contributed by atoms with E-state index in [1.807, 2.05) is 29.2 Å². The summed E-state index contributed by atoms with van der Waals surface area (Å²) < 4.78 is 38.5. The first-order chi connectivity index (χ1) is 13.3. The van der Waals surface area contributed by atoms with Gasteiger partial charge in [-0.05, 0) is 29.7 Å². The topological polar surface area (TPSA) is 49.6 Å². The van der Waals surface area contributed by atoms with Crippen molar-refractivity contribution in [1.29, 1.82) is 0 Å². The summed E-state index contributed by atoms with van der Waals surface area (Å²) in [6, 6.07) is 12.9. The molecule has 1 amide bonds. The summed E-state index contributed by atoms with van der Waals surface area (Å²) in [5, 5.41) is 0. The van der Waals surface area contributed by atoms with Gasteiger partial charge in [0.2, 0.25) is 5.91 Å². The summed E-state index contributed by atoms with van der Waals surface area (Å²) in [5.41, 5.74) is 7.59. The molecule has 0 saturated carbocycles. The minimum absolute atomic E-state index is 0. The summed E-state index contributed by atoms with van der Waals surface area (Å²) in [5.74, 6) is 0.0852. The second-order valence-corrected chi connectivity index (χ2v) is 7.05. The summed E-state index contributed by atoms with van der Waals surface area (Å²) in [6.45, 7) is 2.92. The van der Waals surface area contributed by atoms with Crippen LogP contribution in [0.5, 0.6) is 0 Å². The SMILES string of the molecule is Cl.Cl.Nc1ccccc1CCC(=O)N1CCN(Cc2cccc(C(F)(F)F)c2)CC1. The number of benzene rings is 2. The van der Waals surface area contributed by atoms with E-state index in [2.05, 4.69) is 4.90 Å². The van der Waals surface area contributed by atoms with Crippen LogP contribution in [0.1, 0.15) is 23.1 Å². The zero-order valence-electron chi connectivity index (χ0n) is 16.4. The number of carbonyl (C=O) groups is 1. The first kappa shape index (κ1) is 26.1. The quantitative estimate of drug-likeness (QED) is 0.668. The first-order valence-electron chi connectivity index (χ1n) is 9.32. The van der Waals surface area contributed by atoms with E-state index in [4.69, 9.17) is 5.73 Å². The second kappa shape index (κ2) is 11.4. The lowest BCUT2D eigenvalue weighted by Gasteiger charge is -2.35. The van der Waals surface area contributed by atoms with E-state index in [0.717, 1.165) is 11.6 Å². The summed E-state index contributed by atoms with van der Waals surface area (Å²) >= 11 is 0. The maximum Gasteiger partial charge on any atom is 0.416 e. The van der Waals surface area contributed by atoms with Gasteiger partial charge in [-0.25, -0.2) is 0 Å². The number of hydrogen-bond acceptors (Lipinski definition) is 3. The Morgan fingerprint density at radius 3 is 2.27 bits per heavy atom. The van der Waals surface area contributed by atoms with Crippen molar-refractivity contribution >= 4 is 36.4 Å². The number of nitrogens with zero attached hydrogens (tertiary/aromatic N) is 2. The number of nitrogen functional groups attached to an aromatic ring is 1. The highest BCUT2D eigenvalue weighted by molar-refractivity contribution is 5.85. The third-order valence-electron chi connectivity index (χ3n) is 5.05. The number of para-hydroxylation sites is 1. The average Bonchev–Trinajstić information content (AvgIpc) is 2.67. The Morgan fingerprint density at radius 2 is 1.63 bits per heavy atom. The zero-order valence-corrected chi connectivity index (χ0v) is 18.0. The molecule has 1 fully saturated rings. The number of nitrogens with two attached hydrogens (primary N) is 1. The number of alkyl halides is 3. The van der Waals surface area contributed by atoms with Gasteiger partial charge in [0.25, 0.3) is 0 Å². The van der Waals surface area contributed by atoms with Crippen molar-refractivity contribution in [1.82, 2.24) is 9.80 Å². The van der Waals surface area contributed by atoms with Crippen LogP contribution in [0.2, 0.25) is 0 Å². The molecule has 0 aromatic heterocycles. The minimum atomic E-state index is -4.33. The molecule has 9 heteroatoms. The van der Waals surface area contributed by atoms with Crippen LogP contribution in [0, 0.1) is 0 Å². The highest BCUT2D eigenvalue weighted by Crippen LogP contribution is 2.29. The van der Waals surface area contributed by atoms with Crippen molar-refractivity contribution < 1.29 is 18.0 Å². The Bertz CT molecular complexity index is 825. The van der Waals surface area contributed by atoms with Crippen LogP contribution in [0.3, 0.4) is 0 Å². The van der Waals surface area contributed by atoms with E-state index >= 15 is 0 Å². The van der Waals surface area contributed by atoms with Crippen LogP contribution < -0.4 is 5.73 Å². The molecule has 30 heavy (non-hydrogen) atoms. The molecule has 0 radical (unpaired) electrons. The van der Waals surface area contributed by atoms with Gasteiger partial charge in [0.15, 0.2) is 0 Å². The third kappa shape index (κ3) is 7.07. The molecular formula is C21H26Cl2F3N3O. The number of aryl methyl sites for hydroxylation is 1. The van der Waals surface area contributed by atoms with Crippen LogP contribution in [0.25, 0.3) is 0 Å². The summed E-state index contributed by atoms with van der Waals surface area (Å²) in [7, 11) is 0. The van der Waals surface area contributed by atoms with Crippen molar-refractivity contribution in [2.45, 2.75) is 25.6 Å². The molecule has 0 atom stereocenters. The predicted octanol–water partition coefficient (Wildman–Crippen LogP) is 4.41. The van der Waals surface area contributed by atoms with Crippen LogP contribution in [0.15, 0.2) is 48.5 Å². The van der Waals surface area contributed by atoms with Gasteiger partial charge in [0.05, 0.1) is 5.56 Å². The fourth-order valence-corrected chi connectivity index (χ4v) is 3.42. The fourth-order valence-electron chi connectivity index (χ4n) is 3.42. The number of amides is 1. The lowest BCUT2D eigenvalue weighted by molar-refractivity contribution is -0.137. The standard InChI is InChI=1S/C21H24F3N3O.2ClH/c22-21(23,24)18-6-3-4-16(14-18)15-26-10-12-27(13-11-26)20(28)9-8-17-5-1-2-7-19(17)25;;/h1-7,14H,8-13,15,25H2;2*1H. The van der Waals surface area contributed by atoms with Crippen LogP contribution >= 0.6 is 24.8 Å². The molecule has 0 bridgehead atoms. The van der Waals surface area contributed by atoms with Gasteiger partial charge < -0.3 is 10.6 Å². The van der Waals surface area contributed by atoms with Crippen molar-refractivity contribution in [3.63, 3.8) is 0 Å². The molecule has 1 heterocycles. The zero-order chi connectivity index (χ0) is 20.1. The first-order valence-corrected chi connectivity index (χ1v) is 9.32. The van der Waals surface area contributed by atoms with E-state index < -0.39 is 11.7 Å². The van der Waals surface area contributed by atoms with E-state index in [1.165, 1.54) is 12.1 Å². The molecule has 2 aromatic carbocycles. The molecule has 1 aliphatic rings. The Balaban J connectivity index is 0.00000225. The minimum Gasteiger partial charge on any atom is -0.399 e. The van der Waals surface area contributed by atoms with Gasteiger partial charge in [0, 0.05) is 44.8 Å². The number of carbonyl (C=O) groups excluding carboxylic acids is 1. The van der Waals surface area contributed by atoms with Gasteiger partial charge in [-0.3, -0.25) is 9.69 Å². The molecular weight excluding hydrogens is 438 g/mol. The number of hydrogen-bond donors (Lipinski definition) is 1. The average molecular weight is 464 g/mol. The Labute approximate surface area is 187 Å². The van der Waals surface area contributed by atoms with Crippen LogP contribution in [-0.2, 0) is 23.9 Å². The summed E-state index contributed by atoms with van der Waals surface area (Å²) in [4.78, 5) is 16.3. The lowest BCUT2D eigenvalue weighted by Crippen LogP contribution is -2.48. The number of halogens is 5. The molecule has 2 aromatic rings. The van der Waals surface area contributed by atoms with E-state index in [9.17, 15) is 18.0 Å². The number of anilines is 1. The van der Waals surface area contributed by atoms with Gasteiger partial charge >= 0.3 is 6.18 Å².